The summed E-state index contributed by atoms with van der Waals surface area (Å²) < 4.78 is 5.48. The first-order valence-electron chi connectivity index (χ1n) is 5.80. The lowest BCUT2D eigenvalue weighted by molar-refractivity contribution is -0.132. The van der Waals surface area contributed by atoms with Crippen LogP contribution in [0.5, 0.6) is 0 Å². The highest BCUT2D eigenvalue weighted by Crippen LogP contribution is 2.22. The normalized spacial score (nSPS) is 11.5. The van der Waals surface area contributed by atoms with E-state index in [0.717, 1.165) is 0 Å². The van der Waals surface area contributed by atoms with Crippen molar-refractivity contribution in [3.8, 4) is 0 Å². The number of hydrogen-bond acceptors (Lipinski definition) is 3. The van der Waals surface area contributed by atoms with Crippen LogP contribution >= 0.6 is 11.6 Å². The summed E-state index contributed by atoms with van der Waals surface area (Å²) in [6.45, 7) is 1.87. The minimum atomic E-state index is -1.06. The Balaban J connectivity index is 2.93. The molecule has 0 heterocycles. The van der Waals surface area contributed by atoms with Crippen molar-refractivity contribution in [2.45, 2.75) is 6.92 Å². The number of aliphatic carboxylic acids is 1. The zero-order valence-electron chi connectivity index (χ0n) is 11.0. The second-order valence-corrected chi connectivity index (χ2v) is 4.36. The summed E-state index contributed by atoms with van der Waals surface area (Å²) in [5.41, 5.74) is 11.1. The monoisotopic (exact) mass is 297 g/mol. The van der Waals surface area contributed by atoms with Crippen LogP contribution in [0.2, 0.25) is 5.02 Å². The Bertz CT molecular complexity index is 534. The number of nitrogens with two attached hydrogens (primary N) is 2. The molecule has 0 aliphatic carbocycles. The summed E-state index contributed by atoms with van der Waals surface area (Å²) in [6, 6.07) is 6.69. The third kappa shape index (κ3) is 4.81. The second kappa shape index (κ2) is 7.40. The molecule has 0 bridgehead atoms. The Morgan fingerprint density at radius 1 is 1.35 bits per heavy atom. The smallest absolute Gasteiger partial charge is 0.335 e. The lowest BCUT2D eigenvalue weighted by Gasteiger charge is -2.12. The molecule has 0 atom stereocenters. The topological polar surface area (TPSA) is 111 Å². The first kappa shape index (κ1) is 15.8. The number of rotatable bonds is 6. The fraction of sp³-hybridized carbons (Fsp3) is 0.231. The van der Waals surface area contributed by atoms with E-state index in [-0.39, 0.29) is 30.4 Å². The van der Waals surface area contributed by atoms with Crippen molar-refractivity contribution >= 4 is 29.3 Å². The maximum absolute atomic E-state index is 11.1. The molecule has 0 aliphatic heterocycles. The highest BCUT2D eigenvalue weighted by Gasteiger charge is 2.13. The average Bonchev–Trinajstić information content (AvgIpc) is 2.39. The lowest BCUT2D eigenvalue weighted by Crippen LogP contribution is -2.23. The van der Waals surface area contributed by atoms with Crippen LogP contribution in [0.25, 0.3) is 5.76 Å². The third-order valence-electron chi connectivity index (χ3n) is 2.40. The van der Waals surface area contributed by atoms with Crippen LogP contribution in [0.4, 0.5) is 0 Å². The van der Waals surface area contributed by atoms with Crippen molar-refractivity contribution in [3.63, 3.8) is 0 Å². The Morgan fingerprint density at radius 2 is 1.95 bits per heavy atom. The first-order valence-corrected chi connectivity index (χ1v) is 6.18. The number of nitrogens with zero attached hydrogens (tertiary/aromatic N) is 1. The second-order valence-electron chi connectivity index (χ2n) is 3.92. The molecule has 108 valence electrons. The number of carboxylic acids is 1. The van der Waals surface area contributed by atoms with Gasteiger partial charge in [0.1, 0.15) is 12.4 Å². The number of halogens is 1. The van der Waals surface area contributed by atoms with Gasteiger partial charge in [-0.15, -0.1) is 0 Å². The van der Waals surface area contributed by atoms with Gasteiger partial charge in [-0.25, -0.2) is 4.79 Å². The molecule has 0 aromatic heterocycles. The third-order valence-corrected chi connectivity index (χ3v) is 2.65. The van der Waals surface area contributed by atoms with Crippen LogP contribution in [0.15, 0.2) is 34.8 Å². The molecule has 7 heteroatoms. The maximum Gasteiger partial charge on any atom is 0.335 e. The molecule has 0 aliphatic rings. The van der Waals surface area contributed by atoms with E-state index in [4.69, 9.17) is 32.9 Å². The van der Waals surface area contributed by atoms with Gasteiger partial charge in [-0.3, -0.25) is 4.99 Å². The predicted molar refractivity (Wildman–Crippen MR) is 78.3 cm³/mol. The predicted octanol–water partition coefficient (Wildman–Crippen LogP) is 1.45. The van der Waals surface area contributed by atoms with E-state index in [1.165, 1.54) is 6.92 Å². The summed E-state index contributed by atoms with van der Waals surface area (Å²) in [5, 5.41) is 9.64. The number of guanidine groups is 1. The molecule has 0 radical (unpaired) electrons. The standard InChI is InChI=1S/C13H16ClN3O3/c1-8(12(18)19)11(20-7-6-17-13(15)16)9-2-4-10(14)5-3-9/h2-5H,6-7H2,1H3,(H,18,19)(H4,15,16,17). The van der Waals surface area contributed by atoms with Crippen LogP contribution in [0.1, 0.15) is 12.5 Å². The summed E-state index contributed by atoms with van der Waals surface area (Å²) >= 11 is 5.80. The van der Waals surface area contributed by atoms with Crippen LogP contribution < -0.4 is 11.5 Å². The zero-order valence-corrected chi connectivity index (χ0v) is 11.7. The number of aliphatic imine (C=N–C) groups is 1. The quantitative estimate of drug-likeness (QED) is 0.242. The molecular weight excluding hydrogens is 282 g/mol. The van der Waals surface area contributed by atoms with E-state index in [0.29, 0.717) is 10.6 Å². The Morgan fingerprint density at radius 3 is 2.45 bits per heavy atom. The van der Waals surface area contributed by atoms with Crippen LogP contribution in [-0.4, -0.2) is 30.2 Å². The number of carbonyl (C=O) groups is 1. The van der Waals surface area contributed by atoms with Gasteiger partial charge in [-0.1, -0.05) is 11.6 Å². The van der Waals surface area contributed by atoms with E-state index < -0.39 is 5.97 Å². The van der Waals surface area contributed by atoms with Gasteiger partial charge in [0.25, 0.3) is 0 Å². The highest BCUT2D eigenvalue weighted by molar-refractivity contribution is 6.30. The van der Waals surface area contributed by atoms with Gasteiger partial charge >= 0.3 is 5.97 Å². The summed E-state index contributed by atoms with van der Waals surface area (Å²) in [4.78, 5) is 14.9. The lowest BCUT2D eigenvalue weighted by atomic mass is 10.1. The van der Waals surface area contributed by atoms with Gasteiger partial charge in [0.15, 0.2) is 5.96 Å². The fourth-order valence-corrected chi connectivity index (χ4v) is 1.55. The van der Waals surface area contributed by atoms with Crippen molar-refractivity contribution in [3.05, 3.63) is 40.4 Å². The molecule has 1 aromatic carbocycles. The van der Waals surface area contributed by atoms with Crippen molar-refractivity contribution in [1.29, 1.82) is 0 Å². The van der Waals surface area contributed by atoms with E-state index in [2.05, 4.69) is 4.99 Å². The average molecular weight is 298 g/mol. The molecule has 0 spiro atoms. The molecule has 0 unspecified atom stereocenters. The van der Waals surface area contributed by atoms with Crippen LogP contribution in [0.3, 0.4) is 0 Å². The van der Waals surface area contributed by atoms with E-state index in [1.807, 2.05) is 0 Å². The van der Waals surface area contributed by atoms with Crippen molar-refractivity contribution in [1.82, 2.24) is 0 Å². The molecule has 0 saturated heterocycles. The molecule has 6 nitrogen and oxygen atoms in total. The zero-order chi connectivity index (χ0) is 15.1. The Labute approximate surface area is 121 Å². The van der Waals surface area contributed by atoms with Crippen molar-refractivity contribution < 1.29 is 14.6 Å². The van der Waals surface area contributed by atoms with Gasteiger partial charge in [0.05, 0.1) is 12.1 Å². The molecule has 0 saturated carbocycles. The largest absolute Gasteiger partial charge is 0.490 e. The molecule has 5 N–H and O–H groups in total. The Kier molecular flexibility index (Phi) is 5.86. The van der Waals surface area contributed by atoms with Crippen molar-refractivity contribution in [2.24, 2.45) is 16.5 Å². The van der Waals surface area contributed by atoms with Crippen LogP contribution in [0, 0.1) is 0 Å². The van der Waals surface area contributed by atoms with Gasteiger partial charge in [0, 0.05) is 10.6 Å². The fourth-order valence-electron chi connectivity index (χ4n) is 1.43. The van der Waals surface area contributed by atoms with Gasteiger partial charge < -0.3 is 21.3 Å². The summed E-state index contributed by atoms with van der Waals surface area (Å²) in [6.07, 6.45) is 0. The number of ether oxygens (including phenoxy) is 1. The molecular formula is C13H16ClN3O3. The van der Waals surface area contributed by atoms with E-state index >= 15 is 0 Å². The van der Waals surface area contributed by atoms with Crippen LogP contribution in [-0.2, 0) is 9.53 Å². The molecule has 1 rings (SSSR count). The molecule has 1 aromatic rings. The highest BCUT2D eigenvalue weighted by atomic mass is 35.5. The summed E-state index contributed by atoms with van der Waals surface area (Å²) in [5.74, 6) is -0.836. The maximum atomic E-state index is 11.1. The molecule has 20 heavy (non-hydrogen) atoms. The minimum Gasteiger partial charge on any atom is -0.490 e. The van der Waals surface area contributed by atoms with Crippen molar-refractivity contribution in [2.75, 3.05) is 13.2 Å². The number of benzene rings is 1. The number of carboxylic acid groups (broad SMARTS) is 1. The minimum absolute atomic E-state index is 0.0411. The summed E-state index contributed by atoms with van der Waals surface area (Å²) in [7, 11) is 0. The van der Waals surface area contributed by atoms with Gasteiger partial charge in [0.2, 0.25) is 0 Å². The van der Waals surface area contributed by atoms with Gasteiger partial charge in [-0.2, -0.15) is 0 Å². The van der Waals surface area contributed by atoms with E-state index in [9.17, 15) is 4.79 Å². The first-order chi connectivity index (χ1) is 9.41. The number of hydrogen-bond donors (Lipinski definition) is 3. The molecule has 0 amide bonds. The van der Waals surface area contributed by atoms with E-state index in [1.54, 1.807) is 24.3 Å². The molecule has 0 fully saturated rings. The Hall–Kier alpha value is -2.21. The van der Waals surface area contributed by atoms with Gasteiger partial charge in [-0.05, 0) is 31.2 Å². The SMILES string of the molecule is CC(C(=O)O)=C(OCCN=C(N)N)c1ccc(Cl)cc1.